The van der Waals surface area contributed by atoms with Gasteiger partial charge in [-0.3, -0.25) is 0 Å². The Morgan fingerprint density at radius 3 is 2.80 bits per heavy atom. The van der Waals surface area contributed by atoms with E-state index in [1.807, 2.05) is 18.2 Å². The van der Waals surface area contributed by atoms with Gasteiger partial charge in [0, 0.05) is 6.20 Å². The van der Waals surface area contributed by atoms with Crippen molar-refractivity contribution in [3.05, 3.63) is 48.3 Å². The first-order chi connectivity index (χ1) is 9.72. The summed E-state index contributed by atoms with van der Waals surface area (Å²) < 4.78 is 6.79. The number of aromatic nitrogens is 3. The third kappa shape index (κ3) is 1.78. The molecule has 0 unspecified atom stereocenters. The number of ether oxygens (including phenoxy) is 1. The number of para-hydroxylation sites is 1. The Hall–Kier alpha value is -2.89. The number of imidazole rings is 1. The lowest BCUT2D eigenvalue weighted by Gasteiger charge is -2.06. The maximum Gasteiger partial charge on any atom is 0.356 e. The van der Waals surface area contributed by atoms with Gasteiger partial charge in [-0.2, -0.15) is 5.10 Å². The molecule has 6 nitrogen and oxygen atoms in total. The lowest BCUT2D eigenvalue weighted by atomic mass is 10.2. The van der Waals surface area contributed by atoms with Crippen molar-refractivity contribution in [1.29, 1.82) is 0 Å². The molecule has 0 atom stereocenters. The summed E-state index contributed by atoms with van der Waals surface area (Å²) in [5.41, 5.74) is 1.11. The summed E-state index contributed by atoms with van der Waals surface area (Å²) in [5, 5.41) is 13.4. The van der Waals surface area contributed by atoms with E-state index in [0.29, 0.717) is 22.7 Å². The van der Waals surface area contributed by atoms with Crippen LogP contribution < -0.4 is 4.74 Å². The largest absolute Gasteiger partial charge is 0.496 e. The van der Waals surface area contributed by atoms with Crippen LogP contribution >= 0.6 is 0 Å². The summed E-state index contributed by atoms with van der Waals surface area (Å²) in [7, 11) is 1.56. The van der Waals surface area contributed by atoms with Gasteiger partial charge in [-0.1, -0.05) is 12.1 Å². The van der Waals surface area contributed by atoms with Crippen molar-refractivity contribution in [2.75, 3.05) is 7.11 Å². The highest BCUT2D eigenvalue weighted by Crippen LogP contribution is 2.29. The van der Waals surface area contributed by atoms with Crippen LogP contribution in [0.3, 0.4) is 0 Å². The van der Waals surface area contributed by atoms with Crippen LogP contribution in [-0.2, 0) is 0 Å². The molecule has 1 N–H and O–H groups in total. The minimum Gasteiger partial charge on any atom is -0.496 e. The Morgan fingerprint density at radius 1 is 1.25 bits per heavy atom. The summed E-state index contributed by atoms with van der Waals surface area (Å²) in [6.45, 7) is 0. The van der Waals surface area contributed by atoms with Gasteiger partial charge in [0.1, 0.15) is 11.3 Å². The maximum atomic E-state index is 11.3. The molecule has 0 fully saturated rings. The van der Waals surface area contributed by atoms with Crippen molar-refractivity contribution in [2.24, 2.45) is 0 Å². The number of aromatic carboxylic acids is 1. The van der Waals surface area contributed by atoms with Gasteiger partial charge >= 0.3 is 5.97 Å². The van der Waals surface area contributed by atoms with Crippen LogP contribution in [0.15, 0.2) is 42.6 Å². The molecule has 0 radical (unpaired) electrons. The maximum absolute atomic E-state index is 11.3. The van der Waals surface area contributed by atoms with Crippen LogP contribution in [0.4, 0.5) is 0 Å². The number of carbonyl (C=O) groups is 1. The van der Waals surface area contributed by atoms with E-state index in [1.165, 1.54) is 4.52 Å². The topological polar surface area (TPSA) is 76.7 Å². The average Bonchev–Trinajstić information content (AvgIpc) is 2.87. The Labute approximate surface area is 114 Å². The molecule has 2 aromatic heterocycles. The number of nitrogens with zero attached hydrogens (tertiary/aromatic N) is 3. The first kappa shape index (κ1) is 12.2. The molecule has 0 aliphatic carbocycles. The van der Waals surface area contributed by atoms with E-state index in [0.717, 1.165) is 0 Å². The summed E-state index contributed by atoms with van der Waals surface area (Å²) in [6.07, 6.45) is 1.58. The molecule has 20 heavy (non-hydrogen) atoms. The van der Waals surface area contributed by atoms with E-state index < -0.39 is 5.97 Å². The lowest BCUT2D eigenvalue weighted by molar-refractivity contribution is 0.0693. The van der Waals surface area contributed by atoms with E-state index in [1.54, 1.807) is 31.5 Å². The van der Waals surface area contributed by atoms with Crippen molar-refractivity contribution in [3.8, 4) is 17.1 Å². The van der Waals surface area contributed by atoms with Crippen LogP contribution in [0.5, 0.6) is 5.75 Å². The Bertz CT molecular complexity index is 795. The second-order valence-electron chi connectivity index (χ2n) is 4.11. The smallest absolute Gasteiger partial charge is 0.356 e. The van der Waals surface area contributed by atoms with Gasteiger partial charge in [0.15, 0.2) is 11.5 Å². The van der Waals surface area contributed by atoms with Gasteiger partial charge in [0.25, 0.3) is 0 Å². The number of carboxylic acids is 1. The van der Waals surface area contributed by atoms with Crippen molar-refractivity contribution in [3.63, 3.8) is 0 Å². The highest BCUT2D eigenvalue weighted by molar-refractivity contribution is 5.94. The second-order valence-corrected chi connectivity index (χ2v) is 4.11. The number of rotatable bonds is 3. The van der Waals surface area contributed by atoms with Gasteiger partial charge < -0.3 is 9.84 Å². The minimum absolute atomic E-state index is 0.0287. The molecule has 1 aromatic carbocycles. The quantitative estimate of drug-likeness (QED) is 0.788. The molecular weight excluding hydrogens is 258 g/mol. The van der Waals surface area contributed by atoms with Crippen molar-refractivity contribution >= 4 is 11.5 Å². The van der Waals surface area contributed by atoms with Crippen molar-refractivity contribution in [1.82, 2.24) is 14.6 Å². The molecule has 100 valence electrons. The molecule has 3 rings (SSSR count). The molecule has 2 heterocycles. The highest BCUT2D eigenvalue weighted by Gasteiger charge is 2.20. The van der Waals surface area contributed by atoms with E-state index in [2.05, 4.69) is 10.1 Å². The summed E-state index contributed by atoms with van der Waals surface area (Å²) in [6, 6.07) is 10.6. The monoisotopic (exact) mass is 269 g/mol. The zero-order chi connectivity index (χ0) is 14.1. The van der Waals surface area contributed by atoms with Gasteiger partial charge in [-0.25, -0.2) is 14.3 Å². The molecule has 0 saturated carbocycles. The Balaban J connectivity index is 2.34. The van der Waals surface area contributed by atoms with Crippen LogP contribution in [-0.4, -0.2) is 32.8 Å². The number of fused-ring (bicyclic) bond motifs is 1. The van der Waals surface area contributed by atoms with E-state index in [-0.39, 0.29) is 5.69 Å². The third-order valence-corrected chi connectivity index (χ3v) is 2.96. The zero-order valence-corrected chi connectivity index (χ0v) is 10.6. The predicted octanol–water partition coefficient (Wildman–Crippen LogP) is 2.10. The van der Waals surface area contributed by atoms with Gasteiger partial charge in [-0.05, 0) is 24.3 Å². The fourth-order valence-electron chi connectivity index (χ4n) is 2.09. The number of benzene rings is 1. The third-order valence-electron chi connectivity index (χ3n) is 2.96. The molecule has 3 aromatic rings. The zero-order valence-electron chi connectivity index (χ0n) is 10.6. The summed E-state index contributed by atoms with van der Waals surface area (Å²) in [4.78, 5) is 15.5. The van der Waals surface area contributed by atoms with E-state index in [4.69, 9.17) is 4.74 Å². The Morgan fingerprint density at radius 2 is 2.05 bits per heavy atom. The first-order valence-corrected chi connectivity index (χ1v) is 5.93. The van der Waals surface area contributed by atoms with Crippen LogP contribution in [0.2, 0.25) is 0 Å². The molecule has 6 heteroatoms. The number of carboxylic acid groups (broad SMARTS) is 1. The molecule has 0 bridgehead atoms. The van der Waals surface area contributed by atoms with Gasteiger partial charge in [0.2, 0.25) is 0 Å². The standard InChI is InChI=1S/C14H11N3O3/c1-20-11-7-3-2-5-9(11)13-16-12(14(18)19)10-6-4-8-15-17(10)13/h2-8H,1H3,(H,18,19). The molecular formula is C14H11N3O3. The number of hydrogen-bond acceptors (Lipinski definition) is 4. The lowest BCUT2D eigenvalue weighted by Crippen LogP contribution is -1.97. The van der Waals surface area contributed by atoms with Gasteiger partial charge in [-0.15, -0.1) is 0 Å². The van der Waals surface area contributed by atoms with Crippen LogP contribution in [0.25, 0.3) is 16.9 Å². The molecule has 0 amide bonds. The molecule has 0 spiro atoms. The van der Waals surface area contributed by atoms with E-state index in [9.17, 15) is 9.90 Å². The second kappa shape index (κ2) is 4.65. The normalized spacial score (nSPS) is 10.7. The average molecular weight is 269 g/mol. The van der Waals surface area contributed by atoms with E-state index >= 15 is 0 Å². The molecule has 0 aliphatic rings. The fraction of sp³-hybridized carbons (Fsp3) is 0.0714. The Kier molecular flexibility index (Phi) is 2.83. The predicted molar refractivity (Wildman–Crippen MR) is 71.9 cm³/mol. The fourth-order valence-corrected chi connectivity index (χ4v) is 2.09. The van der Waals surface area contributed by atoms with Crippen LogP contribution in [0.1, 0.15) is 10.5 Å². The first-order valence-electron chi connectivity index (χ1n) is 5.93. The number of methoxy groups -OCH3 is 1. The summed E-state index contributed by atoms with van der Waals surface area (Å²) in [5.74, 6) is -0.0333. The molecule has 0 aliphatic heterocycles. The molecule has 0 saturated heterocycles. The van der Waals surface area contributed by atoms with Crippen molar-refractivity contribution < 1.29 is 14.6 Å². The minimum atomic E-state index is -1.09. The van der Waals surface area contributed by atoms with Gasteiger partial charge in [0.05, 0.1) is 12.7 Å². The SMILES string of the molecule is COc1ccccc1-c1nc(C(=O)O)c2cccnn12. The summed E-state index contributed by atoms with van der Waals surface area (Å²) >= 11 is 0. The van der Waals surface area contributed by atoms with Crippen LogP contribution in [0, 0.1) is 0 Å². The highest BCUT2D eigenvalue weighted by atomic mass is 16.5. The van der Waals surface area contributed by atoms with Crippen molar-refractivity contribution in [2.45, 2.75) is 0 Å². The number of hydrogen-bond donors (Lipinski definition) is 1.